The van der Waals surface area contributed by atoms with Gasteiger partial charge in [0.25, 0.3) is 0 Å². The molecule has 4 rings (SSSR count). The summed E-state index contributed by atoms with van der Waals surface area (Å²) in [5.41, 5.74) is 2.75. The highest BCUT2D eigenvalue weighted by Crippen LogP contribution is 2.59. The molecule has 0 bridgehead atoms. The molecule has 3 aliphatic carbocycles. The summed E-state index contributed by atoms with van der Waals surface area (Å²) < 4.78 is 0. The minimum atomic E-state index is -0.0322. The number of ketones is 1. The van der Waals surface area contributed by atoms with Gasteiger partial charge in [-0.2, -0.15) is 0 Å². The summed E-state index contributed by atoms with van der Waals surface area (Å²) in [5.74, 6) is 2.78. The lowest BCUT2D eigenvalue weighted by atomic mass is 9.56. The minimum absolute atomic E-state index is 0.0322. The van der Waals surface area contributed by atoms with E-state index < -0.39 is 0 Å². The first-order valence-electron chi connectivity index (χ1n) is 7.95. The number of benzene rings is 1. The maximum absolute atomic E-state index is 12.3. The van der Waals surface area contributed by atoms with E-state index >= 15 is 0 Å². The van der Waals surface area contributed by atoms with Crippen LogP contribution in [0.5, 0.6) is 5.75 Å². The van der Waals surface area contributed by atoms with Gasteiger partial charge in [-0.05, 0) is 73.1 Å². The number of fused-ring (bicyclic) bond motifs is 5. The van der Waals surface area contributed by atoms with E-state index in [4.69, 9.17) is 0 Å². The fraction of sp³-hybridized carbons (Fsp3) is 0.611. The molecule has 0 aliphatic heterocycles. The zero-order chi connectivity index (χ0) is 13.9. The van der Waals surface area contributed by atoms with Crippen LogP contribution in [0.3, 0.4) is 0 Å². The molecule has 2 nitrogen and oxygen atoms in total. The molecular weight excluding hydrogens is 252 g/mol. The van der Waals surface area contributed by atoms with Crippen molar-refractivity contribution in [1.29, 1.82) is 0 Å². The van der Waals surface area contributed by atoms with Crippen molar-refractivity contribution in [3.63, 3.8) is 0 Å². The number of aryl methyl sites for hydroxylation is 1. The number of carbonyl (C=O) groups is 1. The minimum Gasteiger partial charge on any atom is -0.508 e. The summed E-state index contributed by atoms with van der Waals surface area (Å²) in [6.45, 7) is 2.22. The molecule has 0 amide bonds. The van der Waals surface area contributed by atoms with Crippen LogP contribution in [0.1, 0.15) is 56.1 Å². The fourth-order valence-corrected chi connectivity index (χ4v) is 5.34. The monoisotopic (exact) mass is 274 g/mol. The quantitative estimate of drug-likeness (QED) is 0.781. The van der Waals surface area contributed by atoms with Crippen LogP contribution in [0.25, 0.3) is 0 Å². The lowest BCUT2D eigenvalue weighted by molar-refractivity contribution is -0.129. The average Bonchev–Trinajstić information content (AvgIpc) is 2.74. The third-order valence-corrected chi connectivity index (χ3v) is 6.42. The molecule has 0 saturated heterocycles. The molecule has 2 fully saturated rings. The van der Waals surface area contributed by atoms with Crippen molar-refractivity contribution in [2.24, 2.45) is 17.3 Å². The summed E-state index contributed by atoms with van der Waals surface area (Å²) in [6, 6.07) is 5.90. The van der Waals surface area contributed by atoms with Gasteiger partial charge in [0.15, 0.2) is 0 Å². The second-order valence-corrected chi connectivity index (χ2v) is 7.22. The molecule has 4 atom stereocenters. The third kappa shape index (κ3) is 1.54. The molecule has 1 aromatic rings. The van der Waals surface area contributed by atoms with Crippen LogP contribution in [0.15, 0.2) is 18.2 Å². The Kier molecular flexibility index (Phi) is 2.55. The van der Waals surface area contributed by atoms with Gasteiger partial charge < -0.3 is 5.11 Å². The smallest absolute Gasteiger partial charge is 0.139 e. The normalized spacial score (nSPS) is 39.0. The Bertz CT molecular complexity index is 577. The first kappa shape index (κ1) is 12.4. The van der Waals surface area contributed by atoms with Crippen LogP contribution in [-0.2, 0) is 11.2 Å². The third-order valence-electron chi connectivity index (χ3n) is 6.42. The van der Waals surface area contributed by atoms with Crippen molar-refractivity contribution in [3.8, 4) is 5.75 Å². The second kappa shape index (κ2) is 4.09. The Hall–Kier alpha value is -1.31. The highest BCUT2D eigenvalue weighted by molar-refractivity contribution is 5.87. The van der Waals surface area contributed by atoms with Crippen molar-refractivity contribution in [3.05, 3.63) is 29.3 Å². The summed E-state index contributed by atoms with van der Waals surface area (Å²) in [4.78, 5) is 12.3. The molecule has 0 heterocycles. The molecule has 0 spiro atoms. The zero-order valence-electron chi connectivity index (χ0n) is 12.1. The molecule has 0 aromatic heterocycles. The van der Waals surface area contributed by atoms with Gasteiger partial charge in [0.05, 0.1) is 0 Å². The molecule has 2 saturated carbocycles. The summed E-state index contributed by atoms with van der Waals surface area (Å²) in [5, 5.41) is 9.67. The summed E-state index contributed by atoms with van der Waals surface area (Å²) >= 11 is 0. The topological polar surface area (TPSA) is 37.3 Å². The van der Waals surface area contributed by atoms with E-state index in [1.165, 1.54) is 17.5 Å². The number of aromatic hydroxyl groups is 1. The average molecular weight is 274 g/mol. The Morgan fingerprint density at radius 3 is 2.90 bits per heavy atom. The number of phenolic OH excluding ortho intramolecular Hbond substituents is 1. The van der Waals surface area contributed by atoms with Crippen molar-refractivity contribution >= 4 is 5.78 Å². The lowest BCUT2D eigenvalue weighted by Gasteiger charge is -2.48. The van der Waals surface area contributed by atoms with Crippen LogP contribution >= 0.6 is 0 Å². The van der Waals surface area contributed by atoms with E-state index in [0.717, 1.165) is 32.1 Å². The standard InChI is InChI=1S/C18H22O2/c1-18-9-8-14-13-5-3-12(19)10-11(13)2-4-15(14)16(18)6-7-17(18)20/h3,5,10,14-16,19H,2,4,6-9H2,1H3/t14-,15-,16+,18+/m1/s1/i3+1,5+1,10+1,12+1. The highest BCUT2D eigenvalue weighted by atomic mass is 16.3. The van der Waals surface area contributed by atoms with E-state index in [0.29, 0.717) is 29.3 Å². The molecule has 2 heteroatoms. The molecule has 0 unspecified atom stereocenters. The van der Waals surface area contributed by atoms with E-state index in [2.05, 4.69) is 13.0 Å². The molecule has 106 valence electrons. The zero-order valence-corrected chi connectivity index (χ0v) is 12.1. The Morgan fingerprint density at radius 2 is 2.05 bits per heavy atom. The van der Waals surface area contributed by atoms with Crippen LogP contribution in [-0.4, -0.2) is 10.9 Å². The van der Waals surface area contributed by atoms with Gasteiger partial charge in [0, 0.05) is 11.8 Å². The van der Waals surface area contributed by atoms with E-state index in [1.807, 2.05) is 12.1 Å². The molecule has 20 heavy (non-hydrogen) atoms. The Morgan fingerprint density at radius 1 is 1.20 bits per heavy atom. The number of phenols is 1. The Balaban J connectivity index is 1.73. The largest absolute Gasteiger partial charge is 0.508 e. The first-order chi connectivity index (χ1) is 9.59. The van der Waals surface area contributed by atoms with Crippen LogP contribution < -0.4 is 0 Å². The number of carbonyl (C=O) groups excluding carboxylic acids is 1. The second-order valence-electron chi connectivity index (χ2n) is 7.22. The highest BCUT2D eigenvalue weighted by Gasteiger charge is 2.54. The first-order valence-corrected chi connectivity index (χ1v) is 7.95. The van der Waals surface area contributed by atoms with Crippen LogP contribution in [0, 0.1) is 17.3 Å². The van der Waals surface area contributed by atoms with Gasteiger partial charge in [-0.15, -0.1) is 0 Å². The van der Waals surface area contributed by atoms with Crippen molar-refractivity contribution in [2.75, 3.05) is 0 Å². The number of Topliss-reactive ketones (excluding diaryl/α,β-unsaturated/α-hetero) is 1. The van der Waals surface area contributed by atoms with Crippen LogP contribution in [0.2, 0.25) is 0 Å². The van der Waals surface area contributed by atoms with Gasteiger partial charge in [-0.1, -0.05) is 13.0 Å². The number of rotatable bonds is 0. The van der Waals surface area contributed by atoms with E-state index in [9.17, 15) is 9.90 Å². The van der Waals surface area contributed by atoms with Gasteiger partial charge in [-0.25, -0.2) is 0 Å². The molecule has 3 aliphatic rings. The molecule has 1 aromatic carbocycles. The maximum atomic E-state index is 12.3. The van der Waals surface area contributed by atoms with Gasteiger partial charge in [0.1, 0.15) is 11.5 Å². The lowest BCUT2D eigenvalue weighted by Crippen LogP contribution is -2.42. The van der Waals surface area contributed by atoms with Crippen molar-refractivity contribution in [2.45, 2.75) is 51.4 Å². The molecular formula is C18H22O2. The van der Waals surface area contributed by atoms with Gasteiger partial charge in [-0.3, -0.25) is 4.79 Å². The number of hydrogen-bond acceptors (Lipinski definition) is 2. The number of hydrogen-bond donors (Lipinski definition) is 1. The predicted molar refractivity (Wildman–Crippen MR) is 77.7 cm³/mol. The predicted octanol–water partition coefficient (Wildman–Crippen LogP) is 3.82. The Labute approximate surface area is 120 Å². The maximum Gasteiger partial charge on any atom is 0.139 e. The van der Waals surface area contributed by atoms with Gasteiger partial charge >= 0.3 is 0 Å². The summed E-state index contributed by atoms with van der Waals surface area (Å²) in [6.07, 6.45) is 6.34. The fourth-order valence-electron chi connectivity index (χ4n) is 5.34. The van der Waals surface area contributed by atoms with Gasteiger partial charge in [0.2, 0.25) is 0 Å². The van der Waals surface area contributed by atoms with Crippen LogP contribution in [0.4, 0.5) is 0 Å². The molecule has 1 N–H and O–H groups in total. The van der Waals surface area contributed by atoms with Crippen molar-refractivity contribution < 1.29 is 9.90 Å². The van der Waals surface area contributed by atoms with Crippen molar-refractivity contribution in [1.82, 2.24) is 0 Å². The van der Waals surface area contributed by atoms with E-state index in [1.54, 1.807) is 0 Å². The molecule has 0 radical (unpaired) electrons. The van der Waals surface area contributed by atoms with E-state index in [-0.39, 0.29) is 5.41 Å². The summed E-state index contributed by atoms with van der Waals surface area (Å²) in [7, 11) is 0. The SMILES string of the molecule is C[C@]12CC[C@@H]3c4[13cH][13cH][13c](O)[13cH]c4CC[C@H]3[C@@H]1CCC2=O.